The van der Waals surface area contributed by atoms with Crippen LogP contribution in [0.25, 0.3) is 0 Å². The summed E-state index contributed by atoms with van der Waals surface area (Å²) in [5.74, 6) is 0.121. The van der Waals surface area contributed by atoms with Gasteiger partial charge in [-0.25, -0.2) is 5.43 Å². The van der Waals surface area contributed by atoms with Crippen LogP contribution in [-0.2, 0) is 4.79 Å². The number of nitrogens with zero attached hydrogens (tertiary/aromatic N) is 1. The first kappa shape index (κ1) is 14.4. The van der Waals surface area contributed by atoms with Crippen molar-refractivity contribution in [3.8, 4) is 0 Å². The van der Waals surface area contributed by atoms with Gasteiger partial charge in [0.05, 0.1) is 16.3 Å². The summed E-state index contributed by atoms with van der Waals surface area (Å²) in [4.78, 5) is 11.8. The fourth-order valence-corrected chi connectivity index (χ4v) is 2.53. The van der Waals surface area contributed by atoms with Crippen molar-refractivity contribution in [1.82, 2.24) is 5.43 Å². The van der Waals surface area contributed by atoms with Gasteiger partial charge in [-0.15, -0.1) is 0 Å². The van der Waals surface area contributed by atoms with E-state index < -0.39 is 0 Å². The summed E-state index contributed by atoms with van der Waals surface area (Å²) >= 11 is 11.7. The van der Waals surface area contributed by atoms with Crippen LogP contribution in [0.4, 0.5) is 0 Å². The van der Waals surface area contributed by atoms with Crippen LogP contribution in [0.3, 0.4) is 0 Å². The smallest absolute Gasteiger partial charge is 0.243 e. The first-order chi connectivity index (χ1) is 9.16. The van der Waals surface area contributed by atoms with Gasteiger partial charge in [-0.3, -0.25) is 4.79 Å². The first-order valence-corrected chi connectivity index (χ1v) is 7.20. The number of hydrogen-bond donors (Lipinski definition) is 1. The van der Waals surface area contributed by atoms with Gasteiger partial charge in [-0.05, 0) is 30.5 Å². The highest BCUT2D eigenvalue weighted by Crippen LogP contribution is 2.23. The second kappa shape index (κ2) is 6.92. The molecule has 0 saturated heterocycles. The molecule has 19 heavy (non-hydrogen) atoms. The van der Waals surface area contributed by atoms with E-state index in [1.807, 2.05) is 0 Å². The monoisotopic (exact) mass is 298 g/mol. The second-order valence-electron chi connectivity index (χ2n) is 4.74. The highest BCUT2D eigenvalue weighted by Gasteiger charge is 2.20. The zero-order valence-corrected chi connectivity index (χ0v) is 12.0. The molecule has 1 aromatic carbocycles. The summed E-state index contributed by atoms with van der Waals surface area (Å²) in [7, 11) is 0. The molecule has 1 aliphatic rings. The molecular formula is C14H16Cl2N2O. The molecule has 102 valence electrons. The Balaban J connectivity index is 1.88. The van der Waals surface area contributed by atoms with Gasteiger partial charge in [0, 0.05) is 5.92 Å². The second-order valence-corrected chi connectivity index (χ2v) is 5.56. The topological polar surface area (TPSA) is 41.5 Å². The van der Waals surface area contributed by atoms with Crippen LogP contribution in [0.5, 0.6) is 0 Å². The standard InChI is InChI=1S/C14H16Cl2N2O/c15-12-7-6-10(8-13(12)16)9-17-18-14(19)11-4-2-1-3-5-11/h6-9,11H,1-5H2,(H,18,19)/b17-9-. The van der Waals surface area contributed by atoms with Crippen LogP contribution >= 0.6 is 23.2 Å². The molecule has 0 unspecified atom stereocenters. The van der Waals surface area contributed by atoms with E-state index in [0.29, 0.717) is 10.0 Å². The molecule has 0 atom stereocenters. The van der Waals surface area contributed by atoms with E-state index in [2.05, 4.69) is 10.5 Å². The maximum atomic E-state index is 11.8. The van der Waals surface area contributed by atoms with Crippen molar-refractivity contribution in [2.24, 2.45) is 11.0 Å². The fourth-order valence-electron chi connectivity index (χ4n) is 2.22. The minimum Gasteiger partial charge on any atom is -0.273 e. The largest absolute Gasteiger partial charge is 0.273 e. The number of hydrogen-bond acceptors (Lipinski definition) is 2. The Kier molecular flexibility index (Phi) is 5.23. The molecule has 0 spiro atoms. The molecule has 0 aromatic heterocycles. The third-order valence-electron chi connectivity index (χ3n) is 3.31. The lowest BCUT2D eigenvalue weighted by Gasteiger charge is -2.19. The van der Waals surface area contributed by atoms with E-state index in [0.717, 1.165) is 31.2 Å². The van der Waals surface area contributed by atoms with E-state index in [-0.39, 0.29) is 11.8 Å². The number of nitrogens with one attached hydrogen (secondary N) is 1. The lowest BCUT2D eigenvalue weighted by Crippen LogP contribution is -2.28. The lowest BCUT2D eigenvalue weighted by atomic mass is 9.89. The van der Waals surface area contributed by atoms with Gasteiger partial charge in [0.1, 0.15) is 0 Å². The summed E-state index contributed by atoms with van der Waals surface area (Å²) in [6.45, 7) is 0. The molecule has 5 heteroatoms. The number of carbonyl (C=O) groups excluding carboxylic acids is 1. The molecule has 1 amide bonds. The molecule has 3 nitrogen and oxygen atoms in total. The van der Waals surface area contributed by atoms with Crippen LogP contribution < -0.4 is 5.43 Å². The molecule has 1 aromatic rings. The summed E-state index contributed by atoms with van der Waals surface area (Å²) in [6.07, 6.45) is 7.00. The SMILES string of the molecule is O=C(N/N=C\c1ccc(Cl)c(Cl)c1)C1CCCCC1. The molecule has 1 saturated carbocycles. The number of rotatable bonds is 3. The van der Waals surface area contributed by atoms with E-state index in [1.165, 1.54) is 6.42 Å². The van der Waals surface area contributed by atoms with Crippen LogP contribution in [0.15, 0.2) is 23.3 Å². The van der Waals surface area contributed by atoms with Gasteiger partial charge in [0.25, 0.3) is 0 Å². The number of carbonyl (C=O) groups is 1. The van der Waals surface area contributed by atoms with Gasteiger partial charge < -0.3 is 0 Å². The summed E-state index contributed by atoms with van der Waals surface area (Å²) in [5, 5.41) is 4.94. The van der Waals surface area contributed by atoms with Crippen molar-refractivity contribution in [2.45, 2.75) is 32.1 Å². The number of halogens is 2. The van der Waals surface area contributed by atoms with Crippen molar-refractivity contribution < 1.29 is 4.79 Å². The molecular weight excluding hydrogens is 283 g/mol. The predicted octanol–water partition coefficient (Wildman–Crippen LogP) is 4.02. The van der Waals surface area contributed by atoms with Gasteiger partial charge in [0.2, 0.25) is 5.91 Å². The van der Waals surface area contributed by atoms with Gasteiger partial charge >= 0.3 is 0 Å². The molecule has 2 rings (SSSR count). The molecule has 0 bridgehead atoms. The molecule has 1 fully saturated rings. The average molecular weight is 299 g/mol. The van der Waals surface area contributed by atoms with E-state index >= 15 is 0 Å². The fraction of sp³-hybridized carbons (Fsp3) is 0.429. The predicted molar refractivity (Wildman–Crippen MR) is 78.8 cm³/mol. The van der Waals surface area contributed by atoms with E-state index in [1.54, 1.807) is 24.4 Å². The van der Waals surface area contributed by atoms with Crippen LogP contribution in [0, 0.1) is 5.92 Å². The highest BCUT2D eigenvalue weighted by atomic mass is 35.5. The maximum Gasteiger partial charge on any atom is 0.243 e. The average Bonchev–Trinajstić information content (AvgIpc) is 2.43. The van der Waals surface area contributed by atoms with Crippen molar-refractivity contribution in [3.63, 3.8) is 0 Å². The number of benzene rings is 1. The van der Waals surface area contributed by atoms with Gasteiger partial charge in [-0.2, -0.15) is 5.10 Å². The Hall–Kier alpha value is -1.06. The summed E-state index contributed by atoms with van der Waals surface area (Å²) in [5.41, 5.74) is 3.39. The molecule has 0 aliphatic heterocycles. The van der Waals surface area contributed by atoms with Crippen LogP contribution in [0.2, 0.25) is 10.0 Å². The Labute approximate surface area is 123 Å². The summed E-state index contributed by atoms with van der Waals surface area (Å²) < 4.78 is 0. The Bertz CT molecular complexity index is 482. The highest BCUT2D eigenvalue weighted by molar-refractivity contribution is 6.42. The third kappa shape index (κ3) is 4.22. The Morgan fingerprint density at radius 1 is 1.21 bits per heavy atom. The molecule has 1 aliphatic carbocycles. The van der Waals surface area contributed by atoms with Crippen LogP contribution in [-0.4, -0.2) is 12.1 Å². The number of hydrazone groups is 1. The maximum absolute atomic E-state index is 11.8. The van der Waals surface area contributed by atoms with E-state index in [9.17, 15) is 4.79 Å². The van der Waals surface area contributed by atoms with Crippen molar-refractivity contribution in [2.75, 3.05) is 0 Å². The molecule has 0 heterocycles. The van der Waals surface area contributed by atoms with E-state index in [4.69, 9.17) is 23.2 Å². The van der Waals surface area contributed by atoms with Crippen molar-refractivity contribution >= 4 is 35.3 Å². The molecule has 1 N–H and O–H groups in total. The van der Waals surface area contributed by atoms with Crippen molar-refractivity contribution in [1.29, 1.82) is 0 Å². The van der Waals surface area contributed by atoms with Crippen LogP contribution in [0.1, 0.15) is 37.7 Å². The van der Waals surface area contributed by atoms with Gasteiger partial charge in [0.15, 0.2) is 0 Å². The number of amides is 1. The lowest BCUT2D eigenvalue weighted by molar-refractivity contribution is -0.125. The van der Waals surface area contributed by atoms with Gasteiger partial charge in [-0.1, -0.05) is 48.5 Å². The zero-order valence-electron chi connectivity index (χ0n) is 10.5. The summed E-state index contributed by atoms with van der Waals surface area (Å²) in [6, 6.07) is 5.21. The first-order valence-electron chi connectivity index (χ1n) is 6.45. The van der Waals surface area contributed by atoms with Crippen molar-refractivity contribution in [3.05, 3.63) is 33.8 Å². The Morgan fingerprint density at radius 2 is 1.95 bits per heavy atom. The normalized spacial score (nSPS) is 16.7. The third-order valence-corrected chi connectivity index (χ3v) is 4.05. The quantitative estimate of drug-likeness (QED) is 0.664. The Morgan fingerprint density at radius 3 is 2.63 bits per heavy atom. The molecule has 0 radical (unpaired) electrons. The minimum atomic E-state index is 0.0102. The minimum absolute atomic E-state index is 0.0102. The zero-order chi connectivity index (χ0) is 13.7.